The SMILES string of the molecule is Cc1ccc(CNCc2ccncc2C)c(Br)c1. The molecule has 0 aliphatic heterocycles. The van der Waals surface area contributed by atoms with E-state index in [-0.39, 0.29) is 0 Å². The van der Waals surface area contributed by atoms with Crippen molar-refractivity contribution in [3.05, 3.63) is 63.4 Å². The lowest BCUT2D eigenvalue weighted by Gasteiger charge is -2.09. The first kappa shape index (κ1) is 13.2. The van der Waals surface area contributed by atoms with Crippen molar-refractivity contribution in [2.75, 3.05) is 0 Å². The van der Waals surface area contributed by atoms with Crippen LogP contribution < -0.4 is 5.32 Å². The summed E-state index contributed by atoms with van der Waals surface area (Å²) in [5.41, 5.74) is 5.09. The van der Waals surface area contributed by atoms with E-state index in [1.165, 1.54) is 26.7 Å². The Balaban J connectivity index is 1.95. The van der Waals surface area contributed by atoms with Gasteiger partial charge in [-0.25, -0.2) is 0 Å². The third kappa shape index (κ3) is 3.40. The summed E-state index contributed by atoms with van der Waals surface area (Å²) in [5.74, 6) is 0. The van der Waals surface area contributed by atoms with Crippen molar-refractivity contribution in [2.24, 2.45) is 0 Å². The van der Waals surface area contributed by atoms with Crippen LogP contribution in [0.5, 0.6) is 0 Å². The average Bonchev–Trinajstić information content (AvgIpc) is 2.34. The Labute approximate surface area is 117 Å². The average molecular weight is 305 g/mol. The van der Waals surface area contributed by atoms with Crippen LogP contribution in [0.1, 0.15) is 22.3 Å². The van der Waals surface area contributed by atoms with Gasteiger partial charge in [0.05, 0.1) is 0 Å². The van der Waals surface area contributed by atoms with E-state index in [0.29, 0.717) is 0 Å². The second-order valence-corrected chi connectivity index (χ2v) is 5.35. The van der Waals surface area contributed by atoms with Gasteiger partial charge in [0.15, 0.2) is 0 Å². The van der Waals surface area contributed by atoms with Crippen LogP contribution in [-0.4, -0.2) is 4.98 Å². The molecule has 1 aromatic heterocycles. The Kier molecular flexibility index (Phi) is 4.50. The molecule has 0 spiro atoms. The zero-order chi connectivity index (χ0) is 13.0. The lowest BCUT2D eigenvalue weighted by atomic mass is 10.1. The monoisotopic (exact) mass is 304 g/mol. The van der Waals surface area contributed by atoms with E-state index in [4.69, 9.17) is 0 Å². The van der Waals surface area contributed by atoms with E-state index in [0.717, 1.165) is 13.1 Å². The van der Waals surface area contributed by atoms with Crippen molar-refractivity contribution in [3.8, 4) is 0 Å². The fourth-order valence-corrected chi connectivity index (χ4v) is 2.46. The van der Waals surface area contributed by atoms with Crippen LogP contribution >= 0.6 is 15.9 Å². The number of benzene rings is 1. The molecule has 1 aromatic carbocycles. The highest BCUT2D eigenvalue weighted by Gasteiger charge is 2.01. The van der Waals surface area contributed by atoms with Crippen LogP contribution in [0, 0.1) is 13.8 Å². The summed E-state index contributed by atoms with van der Waals surface area (Å²) in [5, 5.41) is 3.46. The number of rotatable bonds is 4. The van der Waals surface area contributed by atoms with Crippen molar-refractivity contribution in [3.63, 3.8) is 0 Å². The molecule has 1 N–H and O–H groups in total. The number of halogens is 1. The maximum atomic E-state index is 4.10. The minimum Gasteiger partial charge on any atom is -0.309 e. The van der Waals surface area contributed by atoms with Crippen LogP contribution in [0.3, 0.4) is 0 Å². The van der Waals surface area contributed by atoms with Crippen molar-refractivity contribution >= 4 is 15.9 Å². The highest BCUT2D eigenvalue weighted by atomic mass is 79.9. The van der Waals surface area contributed by atoms with Gasteiger partial charge in [-0.3, -0.25) is 4.98 Å². The first-order chi connectivity index (χ1) is 8.66. The molecule has 2 nitrogen and oxygen atoms in total. The molecule has 0 saturated carbocycles. The van der Waals surface area contributed by atoms with E-state index in [2.05, 4.69) is 64.3 Å². The lowest BCUT2D eigenvalue weighted by Crippen LogP contribution is -2.14. The predicted molar refractivity (Wildman–Crippen MR) is 78.4 cm³/mol. The molecule has 0 aliphatic rings. The van der Waals surface area contributed by atoms with Gasteiger partial charge in [-0.1, -0.05) is 28.1 Å². The Bertz CT molecular complexity index is 538. The first-order valence-electron chi connectivity index (χ1n) is 6.02. The Morgan fingerprint density at radius 1 is 1.11 bits per heavy atom. The van der Waals surface area contributed by atoms with Crippen molar-refractivity contribution in [1.29, 1.82) is 0 Å². The minimum absolute atomic E-state index is 0.864. The van der Waals surface area contributed by atoms with Crippen LogP contribution in [-0.2, 0) is 13.1 Å². The van der Waals surface area contributed by atoms with Crippen LogP contribution in [0.2, 0.25) is 0 Å². The third-order valence-electron chi connectivity index (χ3n) is 2.98. The minimum atomic E-state index is 0.864. The van der Waals surface area contributed by atoms with Gasteiger partial charge in [0.1, 0.15) is 0 Å². The molecule has 0 radical (unpaired) electrons. The fraction of sp³-hybridized carbons (Fsp3) is 0.267. The number of aromatic nitrogens is 1. The molecule has 18 heavy (non-hydrogen) atoms. The third-order valence-corrected chi connectivity index (χ3v) is 3.71. The molecule has 0 fully saturated rings. The fourth-order valence-electron chi connectivity index (χ4n) is 1.83. The summed E-state index contributed by atoms with van der Waals surface area (Å²) in [6, 6.07) is 8.51. The molecule has 2 aromatic rings. The van der Waals surface area contributed by atoms with E-state index in [1.54, 1.807) is 0 Å². The number of hydrogen-bond acceptors (Lipinski definition) is 2. The highest BCUT2D eigenvalue weighted by Crippen LogP contribution is 2.18. The lowest BCUT2D eigenvalue weighted by molar-refractivity contribution is 0.688. The van der Waals surface area contributed by atoms with Crippen molar-refractivity contribution in [2.45, 2.75) is 26.9 Å². The largest absolute Gasteiger partial charge is 0.309 e. The predicted octanol–water partition coefficient (Wildman–Crippen LogP) is 3.75. The van der Waals surface area contributed by atoms with Gasteiger partial charge in [-0.05, 0) is 48.2 Å². The topological polar surface area (TPSA) is 24.9 Å². The molecule has 2 rings (SSSR count). The van der Waals surface area contributed by atoms with Gasteiger partial charge >= 0.3 is 0 Å². The number of aryl methyl sites for hydroxylation is 2. The first-order valence-corrected chi connectivity index (χ1v) is 6.81. The Morgan fingerprint density at radius 2 is 1.89 bits per heavy atom. The summed E-state index contributed by atoms with van der Waals surface area (Å²) in [4.78, 5) is 4.10. The number of pyridine rings is 1. The van der Waals surface area contributed by atoms with Gasteiger partial charge < -0.3 is 5.32 Å². The molecule has 0 amide bonds. The number of nitrogens with one attached hydrogen (secondary N) is 1. The molecular weight excluding hydrogens is 288 g/mol. The summed E-state index contributed by atoms with van der Waals surface area (Å²) in [6.07, 6.45) is 3.74. The number of nitrogens with zero attached hydrogens (tertiary/aromatic N) is 1. The normalized spacial score (nSPS) is 10.6. The molecule has 0 bridgehead atoms. The molecule has 94 valence electrons. The summed E-state index contributed by atoms with van der Waals surface area (Å²) in [7, 11) is 0. The molecular formula is C15H17BrN2. The molecule has 0 saturated heterocycles. The molecule has 3 heteroatoms. The van der Waals surface area contributed by atoms with Gasteiger partial charge in [0.25, 0.3) is 0 Å². The maximum absolute atomic E-state index is 4.10. The standard InChI is InChI=1S/C15H17BrN2/c1-11-3-4-14(15(16)7-11)10-18-9-13-5-6-17-8-12(13)2/h3-8,18H,9-10H2,1-2H3. The van der Waals surface area contributed by atoms with Crippen molar-refractivity contribution in [1.82, 2.24) is 10.3 Å². The van der Waals surface area contributed by atoms with Crippen molar-refractivity contribution < 1.29 is 0 Å². The highest BCUT2D eigenvalue weighted by molar-refractivity contribution is 9.10. The van der Waals surface area contributed by atoms with E-state index in [9.17, 15) is 0 Å². The van der Waals surface area contributed by atoms with E-state index < -0.39 is 0 Å². The maximum Gasteiger partial charge on any atom is 0.0300 e. The second kappa shape index (κ2) is 6.12. The quantitative estimate of drug-likeness (QED) is 0.930. The zero-order valence-electron chi connectivity index (χ0n) is 10.7. The smallest absolute Gasteiger partial charge is 0.0300 e. The molecule has 0 aliphatic carbocycles. The molecule has 1 heterocycles. The summed E-state index contributed by atoms with van der Waals surface area (Å²) in [6.45, 7) is 5.92. The Hall–Kier alpha value is -1.19. The Morgan fingerprint density at radius 3 is 2.61 bits per heavy atom. The van der Waals surface area contributed by atoms with Gasteiger partial charge in [-0.2, -0.15) is 0 Å². The van der Waals surface area contributed by atoms with Crippen LogP contribution in [0.25, 0.3) is 0 Å². The van der Waals surface area contributed by atoms with E-state index >= 15 is 0 Å². The summed E-state index contributed by atoms with van der Waals surface area (Å²) >= 11 is 3.60. The zero-order valence-corrected chi connectivity index (χ0v) is 12.3. The van der Waals surface area contributed by atoms with Crippen LogP contribution in [0.15, 0.2) is 41.1 Å². The molecule has 0 unspecified atom stereocenters. The second-order valence-electron chi connectivity index (χ2n) is 4.50. The summed E-state index contributed by atoms with van der Waals surface area (Å²) < 4.78 is 1.17. The molecule has 0 atom stereocenters. The van der Waals surface area contributed by atoms with Gasteiger partial charge in [0.2, 0.25) is 0 Å². The number of hydrogen-bond donors (Lipinski definition) is 1. The van der Waals surface area contributed by atoms with Gasteiger partial charge in [0, 0.05) is 30.0 Å². The van der Waals surface area contributed by atoms with Crippen LogP contribution in [0.4, 0.5) is 0 Å². The van der Waals surface area contributed by atoms with E-state index in [1.807, 2.05) is 12.4 Å². The van der Waals surface area contributed by atoms with Gasteiger partial charge in [-0.15, -0.1) is 0 Å².